The minimum Gasteiger partial charge on any atom is -0.455 e. The minimum atomic E-state index is -0.910. The lowest BCUT2D eigenvalue weighted by Crippen LogP contribution is -2.38. The number of hydrogen-bond donors (Lipinski definition) is 2. The van der Waals surface area contributed by atoms with E-state index in [2.05, 4.69) is 5.32 Å². The molecule has 2 atom stereocenters. The summed E-state index contributed by atoms with van der Waals surface area (Å²) in [6, 6.07) is 13.8. The van der Waals surface area contributed by atoms with Gasteiger partial charge >= 0.3 is 12.0 Å². The molecule has 0 fully saturated rings. The Morgan fingerprint density at radius 3 is 2.32 bits per heavy atom. The van der Waals surface area contributed by atoms with Gasteiger partial charge in [-0.2, -0.15) is 0 Å². The molecule has 7 heteroatoms. The summed E-state index contributed by atoms with van der Waals surface area (Å²) < 4.78 is 18.6. The quantitative estimate of drug-likeness (QED) is 0.708. The number of ether oxygens (including phenoxy) is 1. The summed E-state index contributed by atoms with van der Waals surface area (Å²) in [7, 11) is 0. The number of halogens is 1. The molecular weight excluding hydrogens is 363 g/mol. The van der Waals surface area contributed by atoms with Gasteiger partial charge in [0.15, 0.2) is 6.61 Å². The molecule has 0 bridgehead atoms. The van der Waals surface area contributed by atoms with Crippen LogP contribution in [0, 0.1) is 11.7 Å². The van der Waals surface area contributed by atoms with E-state index in [1.165, 1.54) is 18.2 Å². The molecule has 0 spiro atoms. The second kappa shape index (κ2) is 10.2. The number of rotatable bonds is 7. The average Bonchev–Trinajstić information content (AvgIpc) is 2.69. The van der Waals surface area contributed by atoms with Crippen LogP contribution in [0.2, 0.25) is 0 Å². The van der Waals surface area contributed by atoms with Gasteiger partial charge < -0.3 is 10.1 Å². The van der Waals surface area contributed by atoms with Crippen molar-refractivity contribution in [2.24, 2.45) is 5.92 Å². The van der Waals surface area contributed by atoms with Gasteiger partial charge in [0, 0.05) is 0 Å². The number of benzene rings is 2. The minimum absolute atomic E-state index is 0.0160. The first-order valence-electron chi connectivity index (χ1n) is 8.99. The summed E-state index contributed by atoms with van der Waals surface area (Å²) in [5.74, 6) is -2.47. The molecule has 0 aliphatic rings. The lowest BCUT2D eigenvalue weighted by molar-refractivity contribution is -0.151. The number of urea groups is 1. The van der Waals surface area contributed by atoms with Crippen molar-refractivity contribution in [3.05, 3.63) is 66.0 Å². The number of hydrogen-bond acceptors (Lipinski definition) is 4. The Labute approximate surface area is 163 Å². The Hall–Kier alpha value is -3.22. The van der Waals surface area contributed by atoms with Crippen molar-refractivity contribution < 1.29 is 23.5 Å². The Morgan fingerprint density at radius 1 is 1.04 bits per heavy atom. The zero-order valence-corrected chi connectivity index (χ0v) is 15.8. The molecule has 2 aromatic carbocycles. The second-order valence-electron chi connectivity index (χ2n) is 6.36. The van der Waals surface area contributed by atoms with E-state index in [1.807, 2.05) is 49.5 Å². The summed E-state index contributed by atoms with van der Waals surface area (Å²) in [6.45, 7) is 3.29. The fourth-order valence-electron chi connectivity index (χ4n) is 2.70. The molecule has 2 aromatic rings. The molecule has 0 saturated heterocycles. The van der Waals surface area contributed by atoms with Crippen molar-refractivity contribution in [2.75, 3.05) is 11.9 Å². The maximum atomic E-state index is 13.5. The van der Waals surface area contributed by atoms with Gasteiger partial charge in [-0.3, -0.25) is 14.9 Å². The zero-order chi connectivity index (χ0) is 20.5. The lowest BCUT2D eigenvalue weighted by Gasteiger charge is -2.21. The van der Waals surface area contributed by atoms with Gasteiger partial charge in [-0.15, -0.1) is 0 Å². The van der Waals surface area contributed by atoms with Crippen LogP contribution in [0.15, 0.2) is 54.6 Å². The van der Waals surface area contributed by atoms with Gasteiger partial charge in [0.1, 0.15) is 5.82 Å². The van der Waals surface area contributed by atoms with Crippen molar-refractivity contribution in [3.8, 4) is 0 Å². The second-order valence-corrected chi connectivity index (χ2v) is 6.36. The summed E-state index contributed by atoms with van der Waals surface area (Å²) in [6.07, 6.45) is 0.756. The van der Waals surface area contributed by atoms with Crippen LogP contribution in [0.5, 0.6) is 0 Å². The molecule has 0 saturated carbocycles. The predicted octanol–water partition coefficient (Wildman–Crippen LogP) is 3.85. The molecule has 0 aliphatic heterocycles. The number of carbonyl (C=O) groups excluding carboxylic acids is 3. The standard InChI is InChI=1S/C21H23FN2O4/c1-3-14(2)19(15-9-5-4-6-10-15)20(26)28-13-18(25)24-21(27)23-17-12-8-7-11-16(17)22/h4-12,14,19H,3,13H2,1-2H3,(H2,23,24,25,27)/t14-,19-/m1/s1. The molecule has 0 aromatic heterocycles. The van der Waals surface area contributed by atoms with E-state index in [-0.39, 0.29) is 11.6 Å². The van der Waals surface area contributed by atoms with Crippen LogP contribution in [0.3, 0.4) is 0 Å². The third-order valence-corrected chi connectivity index (χ3v) is 4.35. The van der Waals surface area contributed by atoms with Gasteiger partial charge in [0.25, 0.3) is 5.91 Å². The fraction of sp³-hybridized carbons (Fsp3) is 0.286. The number of imide groups is 1. The topological polar surface area (TPSA) is 84.5 Å². The van der Waals surface area contributed by atoms with Crippen molar-refractivity contribution >= 4 is 23.6 Å². The van der Waals surface area contributed by atoms with E-state index < -0.39 is 36.2 Å². The number of anilines is 1. The number of nitrogens with one attached hydrogen (secondary N) is 2. The monoisotopic (exact) mass is 386 g/mol. The molecule has 0 aliphatic carbocycles. The smallest absolute Gasteiger partial charge is 0.326 e. The van der Waals surface area contributed by atoms with E-state index in [4.69, 9.17) is 4.74 Å². The van der Waals surface area contributed by atoms with Crippen LogP contribution >= 0.6 is 0 Å². The highest BCUT2D eigenvalue weighted by Crippen LogP contribution is 2.28. The number of para-hydroxylation sites is 1. The summed E-state index contributed by atoms with van der Waals surface area (Å²) in [5, 5.41) is 4.22. The lowest BCUT2D eigenvalue weighted by atomic mass is 9.86. The molecule has 0 unspecified atom stereocenters. The molecule has 0 radical (unpaired) electrons. The van der Waals surface area contributed by atoms with Crippen molar-refractivity contribution in [3.63, 3.8) is 0 Å². The van der Waals surface area contributed by atoms with E-state index >= 15 is 0 Å². The average molecular weight is 386 g/mol. The van der Waals surface area contributed by atoms with Crippen LogP contribution in [-0.2, 0) is 14.3 Å². The summed E-state index contributed by atoms with van der Waals surface area (Å²) >= 11 is 0. The number of esters is 1. The Bertz CT molecular complexity index is 826. The number of carbonyl (C=O) groups is 3. The van der Waals surface area contributed by atoms with E-state index in [1.54, 1.807) is 6.07 Å². The highest BCUT2D eigenvalue weighted by atomic mass is 19.1. The molecule has 2 rings (SSSR count). The normalized spacial score (nSPS) is 12.5. The first-order valence-corrected chi connectivity index (χ1v) is 8.99. The molecule has 2 N–H and O–H groups in total. The van der Waals surface area contributed by atoms with E-state index in [9.17, 15) is 18.8 Å². The van der Waals surface area contributed by atoms with Crippen molar-refractivity contribution in [1.29, 1.82) is 0 Å². The van der Waals surface area contributed by atoms with E-state index in [0.717, 1.165) is 12.0 Å². The summed E-state index contributed by atoms with van der Waals surface area (Å²) in [5.41, 5.74) is 0.741. The van der Waals surface area contributed by atoms with Crippen LogP contribution < -0.4 is 10.6 Å². The molecule has 28 heavy (non-hydrogen) atoms. The maximum Gasteiger partial charge on any atom is 0.326 e. The molecule has 148 valence electrons. The Kier molecular flexibility index (Phi) is 7.68. The van der Waals surface area contributed by atoms with Crippen LogP contribution in [0.1, 0.15) is 31.7 Å². The van der Waals surface area contributed by atoms with Crippen LogP contribution in [0.25, 0.3) is 0 Å². The molecule has 3 amide bonds. The van der Waals surface area contributed by atoms with Gasteiger partial charge in [-0.1, -0.05) is 62.7 Å². The highest BCUT2D eigenvalue weighted by molar-refractivity contribution is 6.02. The first-order chi connectivity index (χ1) is 13.4. The summed E-state index contributed by atoms with van der Waals surface area (Å²) in [4.78, 5) is 36.2. The molecule has 0 heterocycles. The first kappa shape index (κ1) is 21.1. The number of amides is 3. The SMILES string of the molecule is CC[C@@H](C)[C@@H](C(=O)OCC(=O)NC(=O)Nc1ccccc1F)c1ccccc1. The Morgan fingerprint density at radius 2 is 1.68 bits per heavy atom. The highest BCUT2D eigenvalue weighted by Gasteiger charge is 2.28. The predicted molar refractivity (Wildman–Crippen MR) is 103 cm³/mol. The zero-order valence-electron chi connectivity index (χ0n) is 15.8. The molecule has 6 nitrogen and oxygen atoms in total. The maximum absolute atomic E-state index is 13.5. The van der Waals surface area contributed by atoms with E-state index in [0.29, 0.717) is 0 Å². The third kappa shape index (κ3) is 5.90. The largest absolute Gasteiger partial charge is 0.455 e. The van der Waals surface area contributed by atoms with Gasteiger partial charge in [0.2, 0.25) is 0 Å². The van der Waals surface area contributed by atoms with Gasteiger partial charge in [-0.05, 0) is 23.6 Å². The fourth-order valence-corrected chi connectivity index (χ4v) is 2.70. The Balaban J connectivity index is 1.90. The third-order valence-electron chi connectivity index (χ3n) is 4.35. The van der Waals surface area contributed by atoms with Crippen molar-refractivity contribution in [2.45, 2.75) is 26.2 Å². The van der Waals surface area contributed by atoms with Crippen LogP contribution in [-0.4, -0.2) is 24.5 Å². The van der Waals surface area contributed by atoms with Gasteiger partial charge in [-0.25, -0.2) is 9.18 Å². The van der Waals surface area contributed by atoms with Crippen LogP contribution in [0.4, 0.5) is 14.9 Å². The van der Waals surface area contributed by atoms with Crippen molar-refractivity contribution in [1.82, 2.24) is 5.32 Å². The van der Waals surface area contributed by atoms with Gasteiger partial charge in [0.05, 0.1) is 11.6 Å². The molecular formula is C21H23FN2O4.